The van der Waals surface area contributed by atoms with E-state index in [-0.39, 0.29) is 18.3 Å². The van der Waals surface area contributed by atoms with E-state index in [1.807, 2.05) is 18.2 Å². The summed E-state index contributed by atoms with van der Waals surface area (Å²) in [7, 11) is 0. The standard InChI is InChI=1S/C18H16ClN3O3S/c19-15-7-5-13(6-8-15)11-26-12-18(24)22-21-17(23)10-25-16-4-2-1-3-14(16)9-20/h1-8H,10-12H2,(H,21,23)(H,22,24). The van der Waals surface area contributed by atoms with E-state index in [1.54, 1.807) is 36.4 Å². The van der Waals surface area contributed by atoms with Gasteiger partial charge in [0.2, 0.25) is 5.91 Å². The Kier molecular flexibility index (Phi) is 7.80. The molecular weight excluding hydrogens is 374 g/mol. The van der Waals surface area contributed by atoms with Crippen molar-refractivity contribution < 1.29 is 14.3 Å². The average Bonchev–Trinajstić information content (AvgIpc) is 2.66. The van der Waals surface area contributed by atoms with E-state index in [4.69, 9.17) is 21.6 Å². The molecule has 0 saturated heterocycles. The highest BCUT2D eigenvalue weighted by Crippen LogP contribution is 2.16. The minimum atomic E-state index is -0.520. The van der Waals surface area contributed by atoms with Crippen molar-refractivity contribution in [1.29, 1.82) is 5.26 Å². The monoisotopic (exact) mass is 389 g/mol. The van der Waals surface area contributed by atoms with Gasteiger partial charge in [0, 0.05) is 10.8 Å². The third kappa shape index (κ3) is 6.67. The molecule has 0 saturated carbocycles. The van der Waals surface area contributed by atoms with Crippen molar-refractivity contribution in [2.75, 3.05) is 12.4 Å². The number of nitrogens with zero attached hydrogens (tertiary/aromatic N) is 1. The molecule has 0 aliphatic heterocycles. The van der Waals surface area contributed by atoms with Gasteiger partial charge in [0.15, 0.2) is 6.61 Å². The number of hydrazine groups is 1. The first kappa shape index (κ1) is 19.6. The van der Waals surface area contributed by atoms with Gasteiger partial charge in [-0.3, -0.25) is 20.4 Å². The maximum Gasteiger partial charge on any atom is 0.276 e. The van der Waals surface area contributed by atoms with Gasteiger partial charge in [0.25, 0.3) is 5.91 Å². The average molecular weight is 390 g/mol. The molecule has 0 aliphatic carbocycles. The van der Waals surface area contributed by atoms with Crippen LogP contribution in [0.2, 0.25) is 5.02 Å². The van der Waals surface area contributed by atoms with Crippen LogP contribution in [0.1, 0.15) is 11.1 Å². The summed E-state index contributed by atoms with van der Waals surface area (Å²) >= 11 is 7.22. The molecule has 0 aromatic heterocycles. The van der Waals surface area contributed by atoms with E-state index in [9.17, 15) is 9.59 Å². The number of hydrogen-bond acceptors (Lipinski definition) is 5. The molecule has 0 spiro atoms. The second kappa shape index (κ2) is 10.3. The zero-order valence-corrected chi connectivity index (χ0v) is 15.3. The zero-order valence-electron chi connectivity index (χ0n) is 13.7. The molecule has 0 unspecified atom stereocenters. The zero-order chi connectivity index (χ0) is 18.8. The van der Waals surface area contributed by atoms with Crippen molar-refractivity contribution in [1.82, 2.24) is 10.9 Å². The van der Waals surface area contributed by atoms with Gasteiger partial charge in [0.05, 0.1) is 11.3 Å². The molecule has 0 radical (unpaired) electrons. The number of carbonyl (C=O) groups is 2. The molecule has 134 valence electrons. The Hall–Kier alpha value is -2.69. The number of carbonyl (C=O) groups excluding carboxylic acids is 2. The Bertz CT molecular complexity index is 806. The lowest BCUT2D eigenvalue weighted by atomic mass is 10.2. The summed E-state index contributed by atoms with van der Waals surface area (Å²) in [6.07, 6.45) is 0. The second-order valence-corrected chi connectivity index (χ2v) is 6.53. The van der Waals surface area contributed by atoms with Gasteiger partial charge in [-0.15, -0.1) is 11.8 Å². The Labute approximate surface area is 160 Å². The Morgan fingerprint density at radius 1 is 1.08 bits per heavy atom. The maximum absolute atomic E-state index is 11.7. The van der Waals surface area contributed by atoms with Gasteiger partial charge >= 0.3 is 0 Å². The van der Waals surface area contributed by atoms with E-state index < -0.39 is 5.91 Å². The normalized spacial score (nSPS) is 9.85. The van der Waals surface area contributed by atoms with Crippen molar-refractivity contribution in [3.63, 3.8) is 0 Å². The van der Waals surface area contributed by atoms with Crippen LogP contribution in [0, 0.1) is 11.3 Å². The predicted molar refractivity (Wildman–Crippen MR) is 101 cm³/mol. The highest BCUT2D eigenvalue weighted by molar-refractivity contribution is 7.99. The van der Waals surface area contributed by atoms with Crippen LogP contribution in [-0.4, -0.2) is 24.2 Å². The summed E-state index contributed by atoms with van der Waals surface area (Å²) in [5.74, 6) is 0.326. The third-order valence-electron chi connectivity index (χ3n) is 3.12. The molecule has 0 atom stereocenters. The first-order valence-electron chi connectivity index (χ1n) is 7.60. The molecule has 26 heavy (non-hydrogen) atoms. The molecular formula is C18H16ClN3O3S. The predicted octanol–water partition coefficient (Wildman–Crippen LogP) is 2.67. The number of nitriles is 1. The number of amides is 2. The van der Waals surface area contributed by atoms with E-state index in [2.05, 4.69) is 10.9 Å². The summed E-state index contributed by atoms with van der Waals surface area (Å²) in [6.45, 7) is -0.309. The van der Waals surface area contributed by atoms with Gasteiger partial charge in [-0.25, -0.2) is 0 Å². The molecule has 0 fully saturated rings. The summed E-state index contributed by atoms with van der Waals surface area (Å²) < 4.78 is 5.27. The van der Waals surface area contributed by atoms with Crippen molar-refractivity contribution in [2.45, 2.75) is 5.75 Å². The van der Waals surface area contributed by atoms with Gasteiger partial charge in [-0.1, -0.05) is 35.9 Å². The summed E-state index contributed by atoms with van der Waals surface area (Å²) in [6, 6.07) is 15.9. The quantitative estimate of drug-likeness (QED) is 0.710. The largest absolute Gasteiger partial charge is 0.482 e. The summed E-state index contributed by atoms with van der Waals surface area (Å²) in [5.41, 5.74) is 5.98. The fourth-order valence-electron chi connectivity index (χ4n) is 1.88. The van der Waals surface area contributed by atoms with Crippen molar-refractivity contribution in [3.05, 3.63) is 64.7 Å². The van der Waals surface area contributed by atoms with Crippen molar-refractivity contribution in [3.8, 4) is 11.8 Å². The molecule has 0 heterocycles. The Morgan fingerprint density at radius 2 is 1.77 bits per heavy atom. The van der Waals surface area contributed by atoms with Gasteiger partial charge in [-0.05, 0) is 29.8 Å². The highest BCUT2D eigenvalue weighted by Gasteiger charge is 2.08. The van der Waals surface area contributed by atoms with Gasteiger partial charge in [-0.2, -0.15) is 5.26 Å². The first-order valence-corrected chi connectivity index (χ1v) is 9.13. The third-order valence-corrected chi connectivity index (χ3v) is 4.38. The lowest BCUT2D eigenvalue weighted by Crippen LogP contribution is -2.44. The van der Waals surface area contributed by atoms with Crippen LogP contribution in [0.15, 0.2) is 48.5 Å². The van der Waals surface area contributed by atoms with Gasteiger partial charge < -0.3 is 4.74 Å². The highest BCUT2D eigenvalue weighted by atomic mass is 35.5. The molecule has 6 nitrogen and oxygen atoms in total. The first-order chi connectivity index (χ1) is 12.6. The second-order valence-electron chi connectivity index (χ2n) is 5.11. The van der Waals surface area contributed by atoms with E-state index in [0.717, 1.165) is 5.56 Å². The number of ether oxygens (including phenoxy) is 1. The van der Waals surface area contributed by atoms with Crippen LogP contribution in [0.4, 0.5) is 0 Å². The SMILES string of the molecule is N#Cc1ccccc1OCC(=O)NNC(=O)CSCc1ccc(Cl)cc1. The molecule has 2 aromatic carbocycles. The van der Waals surface area contributed by atoms with Crippen LogP contribution < -0.4 is 15.6 Å². The molecule has 8 heteroatoms. The van der Waals surface area contributed by atoms with Crippen molar-refractivity contribution >= 4 is 35.2 Å². The van der Waals surface area contributed by atoms with E-state index >= 15 is 0 Å². The molecule has 2 amide bonds. The topological polar surface area (TPSA) is 91.2 Å². The lowest BCUT2D eigenvalue weighted by molar-refractivity contribution is -0.128. The van der Waals surface area contributed by atoms with E-state index in [1.165, 1.54) is 11.8 Å². The minimum absolute atomic E-state index is 0.195. The van der Waals surface area contributed by atoms with Crippen LogP contribution in [0.25, 0.3) is 0 Å². The molecule has 2 aromatic rings. The summed E-state index contributed by atoms with van der Waals surface area (Å²) in [4.78, 5) is 23.4. The fraction of sp³-hybridized carbons (Fsp3) is 0.167. The molecule has 0 bridgehead atoms. The minimum Gasteiger partial charge on any atom is -0.482 e. The number of benzene rings is 2. The van der Waals surface area contributed by atoms with Crippen LogP contribution in [-0.2, 0) is 15.3 Å². The lowest BCUT2D eigenvalue weighted by Gasteiger charge is -2.09. The Balaban J connectivity index is 1.64. The number of nitrogens with one attached hydrogen (secondary N) is 2. The maximum atomic E-state index is 11.7. The number of thioether (sulfide) groups is 1. The van der Waals surface area contributed by atoms with Crippen LogP contribution in [0.3, 0.4) is 0 Å². The Morgan fingerprint density at radius 3 is 2.50 bits per heavy atom. The molecule has 0 aliphatic rings. The smallest absolute Gasteiger partial charge is 0.276 e. The van der Waals surface area contributed by atoms with E-state index in [0.29, 0.717) is 22.1 Å². The van der Waals surface area contributed by atoms with Gasteiger partial charge in [0.1, 0.15) is 11.8 Å². The van der Waals surface area contributed by atoms with Crippen molar-refractivity contribution in [2.24, 2.45) is 0 Å². The number of halogens is 1. The molecule has 2 N–H and O–H groups in total. The van der Waals surface area contributed by atoms with Crippen LogP contribution in [0.5, 0.6) is 5.75 Å². The number of rotatable bonds is 7. The van der Waals surface area contributed by atoms with Crippen LogP contribution >= 0.6 is 23.4 Å². The molecule has 2 rings (SSSR count). The fourth-order valence-corrected chi connectivity index (χ4v) is 2.80. The number of hydrogen-bond donors (Lipinski definition) is 2. The number of para-hydroxylation sites is 1. The summed E-state index contributed by atoms with van der Waals surface area (Å²) in [5, 5.41) is 9.61.